The van der Waals surface area contributed by atoms with Crippen LogP contribution < -0.4 is 10.6 Å². The first kappa shape index (κ1) is 31.8. The van der Waals surface area contributed by atoms with E-state index in [9.17, 15) is 18.0 Å². The first-order chi connectivity index (χ1) is 20.6. The maximum atomic E-state index is 13.6. The van der Waals surface area contributed by atoms with Gasteiger partial charge in [0, 0.05) is 54.7 Å². The Kier molecular flexibility index (Phi) is 8.74. The number of carbonyl (C=O) groups is 2. The monoisotopic (exact) mass is 623 g/mol. The molecule has 0 aliphatic carbocycles. The van der Waals surface area contributed by atoms with Crippen LogP contribution in [0.1, 0.15) is 69.7 Å². The van der Waals surface area contributed by atoms with E-state index in [4.69, 9.17) is 4.74 Å². The molecule has 44 heavy (non-hydrogen) atoms. The lowest BCUT2D eigenvalue weighted by molar-refractivity contribution is -0.118. The van der Waals surface area contributed by atoms with E-state index in [1.807, 2.05) is 71.4 Å². The summed E-state index contributed by atoms with van der Waals surface area (Å²) < 4.78 is 35.5. The predicted molar refractivity (Wildman–Crippen MR) is 174 cm³/mol. The molecule has 5 rings (SSSR count). The van der Waals surface area contributed by atoms with Crippen LogP contribution in [0.15, 0.2) is 41.4 Å². The summed E-state index contributed by atoms with van der Waals surface area (Å²) in [7, 11) is -3.56. The second kappa shape index (κ2) is 12.1. The molecule has 0 saturated carbocycles. The minimum Gasteiger partial charge on any atom is -0.444 e. The number of sulfonamides is 1. The van der Waals surface area contributed by atoms with Crippen molar-refractivity contribution in [2.24, 2.45) is 0 Å². The van der Waals surface area contributed by atoms with E-state index >= 15 is 0 Å². The van der Waals surface area contributed by atoms with Gasteiger partial charge in [-0.1, -0.05) is 12.5 Å². The Morgan fingerprint density at radius 1 is 0.932 bits per heavy atom. The molecular weight excluding hydrogens is 578 g/mol. The van der Waals surface area contributed by atoms with E-state index in [0.29, 0.717) is 36.8 Å². The van der Waals surface area contributed by atoms with Crippen molar-refractivity contribution in [3.63, 3.8) is 0 Å². The van der Waals surface area contributed by atoms with Gasteiger partial charge in [-0.3, -0.25) is 4.79 Å². The lowest BCUT2D eigenvalue weighted by Gasteiger charge is -2.40. The summed E-state index contributed by atoms with van der Waals surface area (Å²) >= 11 is 0. The number of nitrogens with zero attached hydrogens (tertiary/aromatic N) is 3. The van der Waals surface area contributed by atoms with Crippen LogP contribution in [0.4, 0.5) is 16.2 Å². The Morgan fingerprint density at radius 2 is 1.59 bits per heavy atom. The minimum atomic E-state index is -3.56. The number of nitrogens with one attached hydrogen (secondary N) is 2. The number of hydrogen-bond acceptors (Lipinski definition) is 6. The van der Waals surface area contributed by atoms with Crippen LogP contribution in [0.25, 0.3) is 10.9 Å². The molecule has 0 spiro atoms. The fourth-order valence-corrected chi connectivity index (χ4v) is 7.45. The quantitative estimate of drug-likeness (QED) is 0.335. The van der Waals surface area contributed by atoms with E-state index in [2.05, 4.69) is 10.6 Å². The molecule has 0 bridgehead atoms. The molecule has 0 radical (unpaired) electrons. The van der Waals surface area contributed by atoms with Gasteiger partial charge in [-0.25, -0.2) is 13.2 Å². The van der Waals surface area contributed by atoms with Crippen LogP contribution in [-0.2, 0) is 19.6 Å². The lowest BCUT2D eigenvalue weighted by Crippen LogP contribution is -2.58. The van der Waals surface area contributed by atoms with Gasteiger partial charge in [-0.05, 0) is 102 Å². The highest BCUT2D eigenvalue weighted by Gasteiger charge is 2.34. The van der Waals surface area contributed by atoms with Crippen LogP contribution in [0.2, 0.25) is 0 Å². The SMILES string of the molecule is Cc1cc(C)c(NC2CN(C(=O)OC(C)(C)C)C2)cc1NC(=O)C(C)n1cc(C)c2cc(S(=O)(=O)N3CCCCC3)ccc21. The molecule has 2 aliphatic heterocycles. The van der Waals surface area contributed by atoms with Crippen LogP contribution in [-0.4, -0.2) is 72.0 Å². The lowest BCUT2D eigenvalue weighted by atomic mass is 10.0. The van der Waals surface area contributed by atoms with E-state index < -0.39 is 21.7 Å². The number of aromatic nitrogens is 1. The van der Waals surface area contributed by atoms with Crippen molar-refractivity contribution >= 4 is 44.3 Å². The molecule has 1 aromatic heterocycles. The number of hydrogen-bond donors (Lipinski definition) is 2. The second-order valence-electron chi connectivity index (χ2n) is 13.2. The molecule has 2 aromatic carbocycles. The average molecular weight is 624 g/mol. The normalized spacial score (nSPS) is 17.3. The Bertz CT molecular complexity index is 1680. The maximum absolute atomic E-state index is 13.6. The third kappa shape index (κ3) is 6.58. The summed E-state index contributed by atoms with van der Waals surface area (Å²) in [6, 6.07) is 8.73. The minimum absolute atomic E-state index is 0.0873. The third-order valence-corrected chi connectivity index (χ3v) is 10.4. The number of amides is 2. The van der Waals surface area contributed by atoms with Crippen molar-refractivity contribution in [1.29, 1.82) is 0 Å². The largest absolute Gasteiger partial charge is 0.444 e. The number of anilines is 2. The Labute approximate surface area is 260 Å². The topological polar surface area (TPSA) is 113 Å². The van der Waals surface area contributed by atoms with Gasteiger partial charge in [-0.2, -0.15) is 4.31 Å². The Morgan fingerprint density at radius 3 is 2.25 bits per heavy atom. The van der Waals surface area contributed by atoms with Crippen molar-refractivity contribution in [2.45, 2.75) is 90.3 Å². The van der Waals surface area contributed by atoms with Crippen LogP contribution in [0.3, 0.4) is 0 Å². The molecule has 2 fully saturated rings. The van der Waals surface area contributed by atoms with Gasteiger partial charge in [0.05, 0.1) is 10.9 Å². The number of aryl methyl sites for hydroxylation is 3. The summed E-state index contributed by atoms with van der Waals surface area (Å²) in [5, 5.41) is 7.43. The highest BCUT2D eigenvalue weighted by Crippen LogP contribution is 2.31. The summed E-state index contributed by atoms with van der Waals surface area (Å²) in [6.45, 7) is 15.5. The van der Waals surface area contributed by atoms with Crippen LogP contribution in [0.5, 0.6) is 0 Å². The van der Waals surface area contributed by atoms with Crippen molar-refractivity contribution in [1.82, 2.24) is 13.8 Å². The van der Waals surface area contributed by atoms with E-state index in [1.54, 1.807) is 27.4 Å². The number of likely N-dealkylation sites (tertiary alicyclic amines) is 1. The first-order valence-corrected chi connectivity index (χ1v) is 16.9. The summed E-state index contributed by atoms with van der Waals surface area (Å²) in [6.07, 6.45) is 4.42. The van der Waals surface area contributed by atoms with Crippen molar-refractivity contribution in [3.8, 4) is 0 Å². The summed E-state index contributed by atoms with van der Waals surface area (Å²) in [5.41, 5.74) is 4.79. The number of carbonyl (C=O) groups excluding carboxylic acids is 2. The van der Waals surface area contributed by atoms with E-state index in [-0.39, 0.29) is 18.0 Å². The maximum Gasteiger partial charge on any atom is 0.410 e. The molecule has 1 atom stereocenters. The fourth-order valence-electron chi connectivity index (χ4n) is 5.91. The standard InChI is InChI=1S/C33H45N5O5S/c1-21-15-22(2)29(17-28(21)34-25-19-36(20-25)32(40)43-33(5,6)7)35-31(39)24(4)38-18-23(3)27-16-26(11-12-30(27)38)44(41,42)37-13-9-8-10-14-37/h11-12,15-18,24-25,34H,8-10,13-14,19-20H2,1-7H3,(H,35,39). The van der Waals surface area contributed by atoms with Gasteiger partial charge in [0.2, 0.25) is 15.9 Å². The van der Waals surface area contributed by atoms with Gasteiger partial charge >= 0.3 is 6.09 Å². The molecule has 1 unspecified atom stereocenters. The molecule has 3 aromatic rings. The van der Waals surface area contributed by atoms with Gasteiger partial charge in [0.25, 0.3) is 0 Å². The molecule has 238 valence electrons. The first-order valence-electron chi connectivity index (χ1n) is 15.4. The number of fused-ring (bicyclic) bond motifs is 1. The Balaban J connectivity index is 1.29. The number of benzene rings is 2. The fraction of sp³-hybridized carbons (Fsp3) is 0.515. The van der Waals surface area contributed by atoms with Crippen LogP contribution in [0, 0.1) is 20.8 Å². The zero-order valence-corrected chi connectivity index (χ0v) is 27.7. The van der Waals surface area contributed by atoms with Gasteiger partial charge in [0.15, 0.2) is 0 Å². The molecule has 2 aliphatic rings. The summed E-state index contributed by atoms with van der Waals surface area (Å²) in [5.74, 6) is -0.176. The predicted octanol–water partition coefficient (Wildman–Crippen LogP) is 5.97. The van der Waals surface area contributed by atoms with Crippen LogP contribution >= 0.6 is 0 Å². The molecular formula is C33H45N5O5S. The van der Waals surface area contributed by atoms with Crippen molar-refractivity contribution < 1.29 is 22.7 Å². The van der Waals surface area contributed by atoms with Gasteiger partial charge in [-0.15, -0.1) is 0 Å². The average Bonchev–Trinajstić information content (AvgIpc) is 3.27. The van der Waals surface area contributed by atoms with Gasteiger partial charge < -0.3 is 24.8 Å². The van der Waals surface area contributed by atoms with E-state index in [1.165, 1.54) is 0 Å². The van der Waals surface area contributed by atoms with Gasteiger partial charge in [0.1, 0.15) is 11.6 Å². The number of rotatable bonds is 7. The third-order valence-electron chi connectivity index (χ3n) is 8.48. The van der Waals surface area contributed by atoms with Crippen molar-refractivity contribution in [2.75, 3.05) is 36.8 Å². The highest BCUT2D eigenvalue weighted by atomic mass is 32.2. The molecule has 10 nitrogen and oxygen atoms in total. The molecule has 2 saturated heterocycles. The molecule has 2 N–H and O–H groups in total. The second-order valence-corrected chi connectivity index (χ2v) is 15.2. The zero-order valence-electron chi connectivity index (χ0n) is 26.9. The smallest absolute Gasteiger partial charge is 0.410 e. The Hall–Kier alpha value is -3.57. The molecule has 2 amide bonds. The molecule has 11 heteroatoms. The van der Waals surface area contributed by atoms with Crippen molar-refractivity contribution in [3.05, 3.63) is 53.2 Å². The number of ether oxygens (including phenoxy) is 1. The number of piperidine rings is 1. The summed E-state index contributed by atoms with van der Waals surface area (Å²) in [4.78, 5) is 27.8. The highest BCUT2D eigenvalue weighted by molar-refractivity contribution is 7.89. The molecule has 3 heterocycles. The zero-order chi connectivity index (χ0) is 32.0. The van der Waals surface area contributed by atoms with E-state index in [0.717, 1.165) is 52.5 Å².